The first kappa shape index (κ1) is 14.5. The molecule has 0 aliphatic carbocycles. The molecule has 0 N–H and O–H groups in total. The van der Waals surface area contributed by atoms with Crippen molar-refractivity contribution in [3.8, 4) is 11.1 Å². The largest absolute Gasteiger partial charge is 0.263 e. The Labute approximate surface area is 122 Å². The van der Waals surface area contributed by atoms with Gasteiger partial charge in [-0.25, -0.2) is 13.2 Å². The molecule has 0 saturated carbocycles. The number of benzene rings is 2. The lowest BCUT2D eigenvalue weighted by molar-refractivity contribution is 0.151. The topological polar surface area (TPSA) is 0 Å². The van der Waals surface area contributed by atoms with E-state index in [1.54, 1.807) is 0 Å². The molecule has 0 atom stereocenters. The Hall–Kier alpha value is -0.900. The van der Waals surface area contributed by atoms with E-state index in [-0.39, 0.29) is 20.6 Å². The van der Waals surface area contributed by atoms with Crippen molar-refractivity contribution < 1.29 is 13.2 Å². The first-order valence-electron chi connectivity index (χ1n) is 5.12. The highest BCUT2D eigenvalue weighted by Gasteiger charge is 2.15. The van der Waals surface area contributed by atoms with Crippen molar-refractivity contribution in [2.45, 2.75) is 6.43 Å². The quantitative estimate of drug-likeness (QED) is 0.561. The Bertz CT molecular complexity index is 627. The molecule has 0 saturated heterocycles. The normalized spacial score (nSPS) is 11.1. The monoisotopic (exact) mass is 324 g/mol. The fourth-order valence-corrected chi connectivity index (χ4v) is 2.26. The standard InChI is InChI=1S/C13H6Cl3F3/c14-9-5-11(16)10(15)4-8(9)7-2-1-6(13(18)19)3-12(7)17/h1-5,13H. The van der Waals surface area contributed by atoms with Gasteiger partial charge in [0.05, 0.1) is 15.1 Å². The van der Waals surface area contributed by atoms with E-state index in [1.165, 1.54) is 18.2 Å². The van der Waals surface area contributed by atoms with Crippen molar-refractivity contribution >= 4 is 34.8 Å². The van der Waals surface area contributed by atoms with Gasteiger partial charge in [0.15, 0.2) is 0 Å². The third-order valence-electron chi connectivity index (χ3n) is 2.55. The maximum Gasteiger partial charge on any atom is 0.263 e. The highest BCUT2D eigenvalue weighted by molar-refractivity contribution is 6.44. The van der Waals surface area contributed by atoms with Crippen molar-refractivity contribution in [3.05, 3.63) is 56.8 Å². The molecule has 0 aliphatic heterocycles. The summed E-state index contributed by atoms with van der Waals surface area (Å²) in [5.74, 6) is -0.793. The summed E-state index contributed by atoms with van der Waals surface area (Å²) in [6.07, 6.45) is -2.73. The number of rotatable bonds is 2. The number of alkyl halides is 2. The molecule has 0 aliphatic rings. The summed E-state index contributed by atoms with van der Waals surface area (Å²) < 4.78 is 38.7. The van der Waals surface area contributed by atoms with E-state index in [9.17, 15) is 13.2 Å². The highest BCUT2D eigenvalue weighted by Crippen LogP contribution is 2.37. The van der Waals surface area contributed by atoms with Crippen LogP contribution in [0, 0.1) is 5.82 Å². The average molecular weight is 326 g/mol. The summed E-state index contributed by atoms with van der Waals surface area (Å²) in [6, 6.07) is 5.93. The summed E-state index contributed by atoms with van der Waals surface area (Å²) in [7, 11) is 0. The lowest BCUT2D eigenvalue weighted by Crippen LogP contribution is -1.91. The molecule has 6 heteroatoms. The molecular weight excluding hydrogens is 319 g/mol. The van der Waals surface area contributed by atoms with Gasteiger partial charge < -0.3 is 0 Å². The highest BCUT2D eigenvalue weighted by atomic mass is 35.5. The first-order valence-corrected chi connectivity index (χ1v) is 6.26. The third-order valence-corrected chi connectivity index (χ3v) is 3.58. The van der Waals surface area contributed by atoms with Crippen molar-refractivity contribution in [2.75, 3.05) is 0 Å². The molecule has 2 rings (SSSR count). The molecule has 0 heterocycles. The van der Waals surface area contributed by atoms with Crippen molar-refractivity contribution in [3.63, 3.8) is 0 Å². The summed E-state index contributed by atoms with van der Waals surface area (Å²) >= 11 is 17.6. The lowest BCUT2D eigenvalue weighted by atomic mass is 10.0. The Balaban J connectivity index is 2.56. The van der Waals surface area contributed by atoms with E-state index in [0.717, 1.165) is 12.1 Å². The van der Waals surface area contributed by atoms with Gasteiger partial charge in [0.25, 0.3) is 6.43 Å². The average Bonchev–Trinajstić information content (AvgIpc) is 2.34. The molecular formula is C13H6Cl3F3. The molecule has 2 aromatic carbocycles. The molecule has 0 unspecified atom stereocenters. The Morgan fingerprint density at radius 3 is 2.00 bits per heavy atom. The molecule has 0 nitrogen and oxygen atoms in total. The number of hydrogen-bond donors (Lipinski definition) is 0. The van der Waals surface area contributed by atoms with Crippen LogP contribution in [-0.2, 0) is 0 Å². The summed E-state index contributed by atoms with van der Waals surface area (Å²) in [5.41, 5.74) is -0.000201. The van der Waals surface area contributed by atoms with Gasteiger partial charge in [-0.15, -0.1) is 0 Å². The van der Waals surface area contributed by atoms with Gasteiger partial charge >= 0.3 is 0 Å². The Morgan fingerprint density at radius 2 is 1.42 bits per heavy atom. The van der Waals surface area contributed by atoms with Crippen LogP contribution in [0.25, 0.3) is 11.1 Å². The molecule has 100 valence electrons. The SMILES string of the molecule is Fc1cc(C(F)F)ccc1-c1cc(Cl)c(Cl)cc1Cl. The predicted molar refractivity (Wildman–Crippen MR) is 71.8 cm³/mol. The van der Waals surface area contributed by atoms with Gasteiger partial charge in [0.2, 0.25) is 0 Å². The smallest absolute Gasteiger partial charge is 0.206 e. The van der Waals surface area contributed by atoms with E-state index in [2.05, 4.69) is 0 Å². The lowest BCUT2D eigenvalue weighted by Gasteiger charge is -2.09. The minimum Gasteiger partial charge on any atom is -0.206 e. The van der Waals surface area contributed by atoms with Gasteiger partial charge in [-0.3, -0.25) is 0 Å². The van der Waals surface area contributed by atoms with Crippen molar-refractivity contribution in [1.82, 2.24) is 0 Å². The number of halogens is 6. The Kier molecular flexibility index (Phi) is 4.29. The summed E-state index contributed by atoms with van der Waals surface area (Å²) in [6.45, 7) is 0. The summed E-state index contributed by atoms with van der Waals surface area (Å²) in [5, 5.41) is 0.636. The van der Waals surface area contributed by atoms with Crippen LogP contribution >= 0.6 is 34.8 Å². The van der Waals surface area contributed by atoms with Gasteiger partial charge in [0.1, 0.15) is 5.82 Å². The van der Waals surface area contributed by atoms with Crippen LogP contribution in [0.2, 0.25) is 15.1 Å². The fraction of sp³-hybridized carbons (Fsp3) is 0.0769. The second-order valence-electron chi connectivity index (χ2n) is 3.79. The third kappa shape index (κ3) is 2.99. The molecule has 0 aromatic heterocycles. The van der Waals surface area contributed by atoms with Gasteiger partial charge in [-0.1, -0.05) is 46.9 Å². The molecule has 0 amide bonds. The molecule has 0 bridgehead atoms. The van der Waals surface area contributed by atoms with Gasteiger partial charge in [0, 0.05) is 16.7 Å². The van der Waals surface area contributed by atoms with Gasteiger partial charge in [-0.2, -0.15) is 0 Å². The molecule has 0 fully saturated rings. The molecule has 0 spiro atoms. The van der Waals surface area contributed by atoms with Gasteiger partial charge in [-0.05, 0) is 18.2 Å². The first-order chi connectivity index (χ1) is 8.90. The minimum atomic E-state index is -2.73. The van der Waals surface area contributed by atoms with Crippen LogP contribution in [0.15, 0.2) is 30.3 Å². The minimum absolute atomic E-state index is 0.0907. The van der Waals surface area contributed by atoms with Crippen LogP contribution < -0.4 is 0 Å². The predicted octanol–water partition coefficient (Wildman–Crippen LogP) is 6.39. The van der Waals surface area contributed by atoms with Crippen LogP contribution in [-0.4, -0.2) is 0 Å². The van der Waals surface area contributed by atoms with Crippen LogP contribution in [0.5, 0.6) is 0 Å². The zero-order chi connectivity index (χ0) is 14.2. The van der Waals surface area contributed by atoms with Crippen LogP contribution in [0.1, 0.15) is 12.0 Å². The van der Waals surface area contributed by atoms with E-state index in [1.807, 2.05) is 0 Å². The van der Waals surface area contributed by atoms with Crippen LogP contribution in [0.3, 0.4) is 0 Å². The second kappa shape index (κ2) is 5.61. The van der Waals surface area contributed by atoms with E-state index in [4.69, 9.17) is 34.8 Å². The van der Waals surface area contributed by atoms with E-state index < -0.39 is 17.8 Å². The molecule has 19 heavy (non-hydrogen) atoms. The molecule has 2 aromatic rings. The number of hydrogen-bond acceptors (Lipinski definition) is 0. The fourth-order valence-electron chi connectivity index (χ4n) is 1.61. The van der Waals surface area contributed by atoms with Crippen LogP contribution in [0.4, 0.5) is 13.2 Å². The maximum absolute atomic E-state index is 13.8. The summed E-state index contributed by atoms with van der Waals surface area (Å²) in [4.78, 5) is 0. The van der Waals surface area contributed by atoms with E-state index >= 15 is 0 Å². The maximum atomic E-state index is 13.8. The second-order valence-corrected chi connectivity index (χ2v) is 5.01. The van der Waals surface area contributed by atoms with Crippen molar-refractivity contribution in [1.29, 1.82) is 0 Å². The Morgan fingerprint density at radius 1 is 0.789 bits per heavy atom. The zero-order valence-corrected chi connectivity index (χ0v) is 11.5. The van der Waals surface area contributed by atoms with E-state index in [0.29, 0.717) is 5.56 Å². The zero-order valence-electron chi connectivity index (χ0n) is 9.23. The molecule has 0 radical (unpaired) electrons. The van der Waals surface area contributed by atoms with Crippen molar-refractivity contribution in [2.24, 2.45) is 0 Å².